The second-order valence-corrected chi connectivity index (χ2v) is 7.74. The molecule has 0 atom stereocenters. The number of pyridine rings is 2. The van der Waals surface area contributed by atoms with Crippen LogP contribution in [0.2, 0.25) is 0 Å². The van der Waals surface area contributed by atoms with Crippen LogP contribution in [-0.2, 0) is 9.84 Å². The average Bonchev–Trinajstić information content (AvgIpc) is 2.96. The largest absolute Gasteiger partial charge is 0.340 e. The second kappa shape index (κ2) is 6.21. The van der Waals surface area contributed by atoms with Crippen molar-refractivity contribution >= 4 is 15.6 Å². The van der Waals surface area contributed by atoms with Crippen molar-refractivity contribution in [1.82, 2.24) is 19.9 Å². The van der Waals surface area contributed by atoms with Gasteiger partial charge in [0.2, 0.25) is 0 Å². The van der Waals surface area contributed by atoms with Gasteiger partial charge in [0.25, 0.3) is 0 Å². The van der Waals surface area contributed by atoms with Crippen LogP contribution in [0, 0.1) is 6.92 Å². The van der Waals surface area contributed by atoms with Crippen LogP contribution in [0.4, 0.5) is 0 Å². The number of imidazole rings is 1. The number of ketones is 1. The minimum absolute atomic E-state index is 0.124. The molecule has 0 aliphatic rings. The van der Waals surface area contributed by atoms with E-state index in [-0.39, 0.29) is 10.7 Å². The summed E-state index contributed by atoms with van der Waals surface area (Å²) >= 11 is 0. The minimum atomic E-state index is -3.34. The van der Waals surface area contributed by atoms with Crippen molar-refractivity contribution in [1.29, 1.82) is 0 Å². The Morgan fingerprint density at radius 1 is 1.16 bits per heavy atom. The SMILES string of the molecule is CC(=O)c1nc(-c2cc(-c3cncc(S(C)(=O)=O)c3)ccn2)[nH]c1C. The van der Waals surface area contributed by atoms with Crippen LogP contribution >= 0.6 is 0 Å². The number of nitrogens with zero attached hydrogens (tertiary/aromatic N) is 3. The number of hydrogen-bond acceptors (Lipinski definition) is 6. The van der Waals surface area contributed by atoms with Gasteiger partial charge in [-0.1, -0.05) is 0 Å². The third-order valence-corrected chi connectivity index (χ3v) is 4.77. The third kappa shape index (κ3) is 3.48. The summed E-state index contributed by atoms with van der Waals surface area (Å²) in [6.45, 7) is 3.23. The van der Waals surface area contributed by atoms with Gasteiger partial charge in [-0.15, -0.1) is 0 Å². The molecule has 3 heterocycles. The van der Waals surface area contributed by atoms with Crippen LogP contribution in [-0.4, -0.2) is 40.4 Å². The number of aromatic nitrogens is 4. The molecule has 8 heteroatoms. The first kappa shape index (κ1) is 17.0. The van der Waals surface area contributed by atoms with Gasteiger partial charge in [0.15, 0.2) is 21.4 Å². The van der Waals surface area contributed by atoms with Crippen LogP contribution in [0.15, 0.2) is 41.7 Å². The van der Waals surface area contributed by atoms with E-state index >= 15 is 0 Å². The van der Waals surface area contributed by atoms with E-state index in [1.54, 1.807) is 37.5 Å². The van der Waals surface area contributed by atoms with Crippen LogP contribution in [0.5, 0.6) is 0 Å². The van der Waals surface area contributed by atoms with E-state index in [1.165, 1.54) is 13.1 Å². The number of hydrogen-bond donors (Lipinski definition) is 1. The third-order valence-electron chi connectivity index (χ3n) is 3.70. The van der Waals surface area contributed by atoms with Crippen molar-refractivity contribution in [3.63, 3.8) is 0 Å². The molecule has 0 aliphatic heterocycles. The lowest BCUT2D eigenvalue weighted by Crippen LogP contribution is -1.98. The molecule has 0 spiro atoms. The number of carbonyl (C=O) groups is 1. The maximum Gasteiger partial charge on any atom is 0.179 e. The molecule has 128 valence electrons. The van der Waals surface area contributed by atoms with Crippen molar-refractivity contribution in [2.75, 3.05) is 6.26 Å². The molecular weight excluding hydrogens is 340 g/mol. The lowest BCUT2D eigenvalue weighted by Gasteiger charge is -2.05. The highest BCUT2D eigenvalue weighted by molar-refractivity contribution is 7.90. The summed E-state index contributed by atoms with van der Waals surface area (Å²) in [6, 6.07) is 5.09. The summed E-state index contributed by atoms with van der Waals surface area (Å²) in [5.74, 6) is 0.359. The first-order chi connectivity index (χ1) is 11.8. The number of H-pyrrole nitrogens is 1. The average molecular weight is 356 g/mol. The Morgan fingerprint density at radius 2 is 1.92 bits per heavy atom. The molecular formula is C17H16N4O3S. The number of rotatable bonds is 4. The maximum absolute atomic E-state index is 11.7. The zero-order valence-corrected chi connectivity index (χ0v) is 14.8. The second-order valence-electron chi connectivity index (χ2n) is 5.73. The summed E-state index contributed by atoms with van der Waals surface area (Å²) in [4.78, 5) is 27.3. The molecule has 25 heavy (non-hydrogen) atoms. The van der Waals surface area contributed by atoms with E-state index in [9.17, 15) is 13.2 Å². The summed E-state index contributed by atoms with van der Waals surface area (Å²) < 4.78 is 23.4. The summed E-state index contributed by atoms with van der Waals surface area (Å²) in [6.07, 6.45) is 5.64. The number of carbonyl (C=O) groups excluding carboxylic acids is 1. The molecule has 0 unspecified atom stereocenters. The summed E-state index contributed by atoms with van der Waals surface area (Å²) in [5.41, 5.74) is 3.01. The molecule has 0 saturated carbocycles. The number of aromatic amines is 1. The van der Waals surface area contributed by atoms with Gasteiger partial charge in [-0.2, -0.15) is 0 Å². The summed E-state index contributed by atoms with van der Waals surface area (Å²) in [7, 11) is -3.34. The van der Waals surface area contributed by atoms with E-state index in [0.717, 1.165) is 11.8 Å². The maximum atomic E-state index is 11.7. The Morgan fingerprint density at radius 3 is 2.56 bits per heavy atom. The van der Waals surface area contributed by atoms with E-state index < -0.39 is 9.84 Å². The highest BCUT2D eigenvalue weighted by Gasteiger charge is 2.14. The molecule has 0 radical (unpaired) electrons. The fraction of sp³-hybridized carbons (Fsp3) is 0.176. The van der Waals surface area contributed by atoms with Crippen LogP contribution in [0.1, 0.15) is 23.1 Å². The Kier molecular flexibility index (Phi) is 4.22. The molecule has 3 aromatic rings. The zero-order chi connectivity index (χ0) is 18.2. The van der Waals surface area contributed by atoms with Crippen LogP contribution in [0.3, 0.4) is 0 Å². The van der Waals surface area contributed by atoms with Gasteiger partial charge < -0.3 is 4.98 Å². The predicted molar refractivity (Wildman–Crippen MR) is 92.9 cm³/mol. The van der Waals surface area contributed by atoms with Crippen molar-refractivity contribution in [2.24, 2.45) is 0 Å². The van der Waals surface area contributed by atoms with Gasteiger partial charge >= 0.3 is 0 Å². The Labute approximate surface area is 145 Å². The zero-order valence-electron chi connectivity index (χ0n) is 13.9. The molecule has 0 aliphatic carbocycles. The van der Waals surface area contributed by atoms with Crippen molar-refractivity contribution in [3.05, 3.63) is 48.2 Å². The van der Waals surface area contributed by atoms with E-state index in [4.69, 9.17) is 0 Å². The lowest BCUT2D eigenvalue weighted by molar-refractivity contribution is 0.101. The highest BCUT2D eigenvalue weighted by Crippen LogP contribution is 2.25. The Balaban J connectivity index is 2.06. The standard InChI is InChI=1S/C17H16N4O3S/c1-10-16(11(2)22)21-17(20-10)15-7-12(4-5-19-15)13-6-14(9-18-8-13)25(3,23)24/h4-9H,1-3H3,(H,20,21). The van der Waals surface area contributed by atoms with E-state index in [0.29, 0.717) is 28.5 Å². The van der Waals surface area contributed by atoms with Gasteiger partial charge in [-0.3, -0.25) is 14.8 Å². The topological polar surface area (TPSA) is 106 Å². The number of nitrogens with one attached hydrogen (secondary N) is 1. The normalized spacial score (nSPS) is 11.5. The first-order valence-corrected chi connectivity index (χ1v) is 9.34. The molecule has 0 aromatic carbocycles. The first-order valence-electron chi connectivity index (χ1n) is 7.45. The minimum Gasteiger partial charge on any atom is -0.340 e. The van der Waals surface area contributed by atoms with Crippen LogP contribution < -0.4 is 0 Å². The van der Waals surface area contributed by atoms with Crippen molar-refractivity contribution in [2.45, 2.75) is 18.7 Å². The molecule has 0 bridgehead atoms. The molecule has 0 saturated heterocycles. The number of aryl methyl sites for hydroxylation is 1. The summed E-state index contributed by atoms with van der Waals surface area (Å²) in [5, 5.41) is 0. The smallest absolute Gasteiger partial charge is 0.179 e. The van der Waals surface area contributed by atoms with Crippen molar-refractivity contribution in [3.8, 4) is 22.6 Å². The quantitative estimate of drug-likeness (QED) is 0.720. The highest BCUT2D eigenvalue weighted by atomic mass is 32.2. The molecule has 0 fully saturated rings. The lowest BCUT2D eigenvalue weighted by atomic mass is 10.1. The molecule has 0 amide bonds. The van der Waals surface area contributed by atoms with Gasteiger partial charge in [-0.05, 0) is 30.7 Å². The van der Waals surface area contributed by atoms with Gasteiger partial charge in [0.1, 0.15) is 11.4 Å². The Hall–Kier alpha value is -2.87. The predicted octanol–water partition coefficient (Wildman–Crippen LogP) is 2.45. The fourth-order valence-electron chi connectivity index (χ4n) is 2.44. The number of Topliss-reactive ketones (excluding diaryl/α,β-unsaturated/α-hetero) is 1. The molecule has 7 nitrogen and oxygen atoms in total. The molecule has 3 rings (SSSR count). The van der Waals surface area contributed by atoms with Gasteiger partial charge in [-0.25, -0.2) is 13.4 Å². The van der Waals surface area contributed by atoms with Gasteiger partial charge in [0, 0.05) is 43.0 Å². The molecule has 1 N–H and O–H groups in total. The van der Waals surface area contributed by atoms with E-state index in [2.05, 4.69) is 19.9 Å². The number of sulfone groups is 1. The van der Waals surface area contributed by atoms with Crippen LogP contribution in [0.25, 0.3) is 22.6 Å². The monoisotopic (exact) mass is 356 g/mol. The Bertz CT molecular complexity index is 1070. The van der Waals surface area contributed by atoms with Gasteiger partial charge in [0.05, 0.1) is 4.90 Å². The fourth-order valence-corrected chi connectivity index (χ4v) is 3.04. The van der Waals surface area contributed by atoms with E-state index in [1.807, 2.05) is 0 Å². The van der Waals surface area contributed by atoms with Crippen molar-refractivity contribution < 1.29 is 13.2 Å². The molecule has 3 aromatic heterocycles.